The Morgan fingerprint density at radius 2 is 1.83 bits per heavy atom. The summed E-state index contributed by atoms with van der Waals surface area (Å²) in [6.07, 6.45) is 6.47. The predicted molar refractivity (Wildman–Crippen MR) is 123 cm³/mol. The van der Waals surface area contributed by atoms with Gasteiger partial charge in [0.25, 0.3) is 11.8 Å². The van der Waals surface area contributed by atoms with Crippen molar-refractivity contribution in [1.82, 2.24) is 4.90 Å². The van der Waals surface area contributed by atoms with E-state index >= 15 is 0 Å². The zero-order chi connectivity index (χ0) is 21.5. The van der Waals surface area contributed by atoms with Crippen LogP contribution in [0.5, 0.6) is 5.75 Å². The topological polar surface area (TPSA) is 58.6 Å². The third kappa shape index (κ3) is 5.42. The standard InChI is InChI=1S/C24H29BrN2O3/c1-3-15-30-22-14-13-17(25)16-20(22)23(28)26-21-12-8-7-11-19(21)24(29)27(2)18-9-5-4-6-10-18/h7-8,11-14,16,18H,3-6,9-10,15H2,1-2H3,(H,26,28). The van der Waals surface area contributed by atoms with Gasteiger partial charge in [-0.05, 0) is 49.6 Å². The molecule has 0 bridgehead atoms. The van der Waals surface area contributed by atoms with Gasteiger partial charge in [0.2, 0.25) is 0 Å². The molecule has 3 rings (SSSR count). The van der Waals surface area contributed by atoms with Crippen LogP contribution in [0, 0.1) is 0 Å². The first kappa shape index (κ1) is 22.3. The predicted octanol–water partition coefficient (Wildman–Crippen LogP) is 5.89. The Balaban J connectivity index is 1.82. The maximum absolute atomic E-state index is 13.2. The maximum Gasteiger partial charge on any atom is 0.259 e. The number of para-hydroxylation sites is 1. The van der Waals surface area contributed by atoms with Crippen molar-refractivity contribution >= 4 is 33.4 Å². The molecule has 0 spiro atoms. The third-order valence-electron chi connectivity index (χ3n) is 5.50. The first-order valence-corrected chi connectivity index (χ1v) is 11.4. The number of carbonyl (C=O) groups is 2. The van der Waals surface area contributed by atoms with E-state index in [1.54, 1.807) is 24.3 Å². The molecule has 1 aliphatic rings. The molecule has 5 nitrogen and oxygen atoms in total. The van der Waals surface area contributed by atoms with E-state index < -0.39 is 0 Å². The summed E-state index contributed by atoms with van der Waals surface area (Å²) in [4.78, 5) is 28.1. The number of ether oxygens (including phenoxy) is 1. The van der Waals surface area contributed by atoms with Crippen molar-refractivity contribution in [3.8, 4) is 5.75 Å². The van der Waals surface area contributed by atoms with Gasteiger partial charge >= 0.3 is 0 Å². The number of anilines is 1. The fourth-order valence-corrected chi connectivity index (χ4v) is 4.17. The summed E-state index contributed by atoms with van der Waals surface area (Å²) >= 11 is 3.42. The van der Waals surface area contributed by atoms with Crippen molar-refractivity contribution in [3.63, 3.8) is 0 Å². The molecule has 0 unspecified atom stereocenters. The molecule has 6 heteroatoms. The summed E-state index contributed by atoms with van der Waals surface area (Å²) in [5.41, 5.74) is 1.45. The molecule has 0 aromatic heterocycles. The average Bonchev–Trinajstić information content (AvgIpc) is 2.78. The van der Waals surface area contributed by atoms with Gasteiger partial charge in [0.05, 0.1) is 23.4 Å². The normalized spacial score (nSPS) is 14.2. The van der Waals surface area contributed by atoms with E-state index in [1.807, 2.05) is 37.1 Å². The summed E-state index contributed by atoms with van der Waals surface area (Å²) in [6, 6.07) is 12.8. The zero-order valence-electron chi connectivity index (χ0n) is 17.6. The summed E-state index contributed by atoms with van der Waals surface area (Å²) in [7, 11) is 1.86. The monoisotopic (exact) mass is 472 g/mol. The number of nitrogens with one attached hydrogen (secondary N) is 1. The molecule has 0 saturated heterocycles. The van der Waals surface area contributed by atoms with Crippen LogP contribution in [0.1, 0.15) is 66.2 Å². The molecule has 2 aromatic rings. The maximum atomic E-state index is 13.2. The van der Waals surface area contributed by atoms with E-state index in [9.17, 15) is 9.59 Å². The molecule has 2 amide bonds. The molecule has 1 fully saturated rings. The van der Waals surface area contributed by atoms with Gasteiger partial charge in [-0.2, -0.15) is 0 Å². The lowest BCUT2D eigenvalue weighted by atomic mass is 9.94. The summed E-state index contributed by atoms with van der Waals surface area (Å²) in [6.45, 7) is 2.55. The van der Waals surface area contributed by atoms with Gasteiger partial charge in [-0.3, -0.25) is 9.59 Å². The van der Waals surface area contributed by atoms with Crippen molar-refractivity contribution in [3.05, 3.63) is 58.1 Å². The number of benzene rings is 2. The third-order valence-corrected chi connectivity index (χ3v) is 5.99. The van der Waals surface area contributed by atoms with Crippen LogP contribution < -0.4 is 10.1 Å². The molecule has 1 N–H and O–H groups in total. The second-order valence-corrected chi connectivity index (χ2v) is 8.61. The lowest BCUT2D eigenvalue weighted by Crippen LogP contribution is -2.38. The number of nitrogens with zero attached hydrogens (tertiary/aromatic N) is 1. The van der Waals surface area contributed by atoms with Crippen LogP contribution in [-0.4, -0.2) is 36.4 Å². The van der Waals surface area contributed by atoms with Gasteiger partial charge < -0.3 is 15.0 Å². The molecule has 30 heavy (non-hydrogen) atoms. The number of carbonyl (C=O) groups excluding carboxylic acids is 2. The lowest BCUT2D eigenvalue weighted by Gasteiger charge is -2.31. The Kier molecular flexibility index (Phi) is 7.91. The zero-order valence-corrected chi connectivity index (χ0v) is 19.2. The van der Waals surface area contributed by atoms with Crippen LogP contribution in [0.25, 0.3) is 0 Å². The Morgan fingerprint density at radius 3 is 2.57 bits per heavy atom. The minimum Gasteiger partial charge on any atom is -0.493 e. The molecule has 0 heterocycles. The van der Waals surface area contributed by atoms with Crippen molar-refractivity contribution in [2.45, 2.75) is 51.5 Å². The molecule has 0 radical (unpaired) electrons. The van der Waals surface area contributed by atoms with Crippen LogP contribution in [0.15, 0.2) is 46.9 Å². The Bertz CT molecular complexity index is 894. The van der Waals surface area contributed by atoms with Crippen molar-refractivity contribution in [2.75, 3.05) is 19.0 Å². The Hall–Kier alpha value is -2.34. The van der Waals surface area contributed by atoms with Gasteiger partial charge in [-0.1, -0.05) is 54.2 Å². The molecule has 0 aliphatic heterocycles. The van der Waals surface area contributed by atoms with Gasteiger partial charge in [-0.15, -0.1) is 0 Å². The largest absolute Gasteiger partial charge is 0.493 e. The van der Waals surface area contributed by atoms with Crippen molar-refractivity contribution in [2.24, 2.45) is 0 Å². The van der Waals surface area contributed by atoms with Crippen LogP contribution in [0.4, 0.5) is 5.69 Å². The molecular weight excluding hydrogens is 444 g/mol. The van der Waals surface area contributed by atoms with E-state index in [2.05, 4.69) is 21.2 Å². The van der Waals surface area contributed by atoms with E-state index in [0.29, 0.717) is 29.2 Å². The van der Waals surface area contributed by atoms with E-state index in [1.165, 1.54) is 6.42 Å². The fourth-order valence-electron chi connectivity index (χ4n) is 3.81. The number of amides is 2. The second-order valence-electron chi connectivity index (χ2n) is 7.70. The minimum absolute atomic E-state index is 0.0606. The highest BCUT2D eigenvalue weighted by Gasteiger charge is 2.25. The smallest absolute Gasteiger partial charge is 0.259 e. The van der Waals surface area contributed by atoms with E-state index in [-0.39, 0.29) is 17.9 Å². The highest BCUT2D eigenvalue weighted by molar-refractivity contribution is 9.10. The van der Waals surface area contributed by atoms with Crippen LogP contribution in [0.3, 0.4) is 0 Å². The first-order chi connectivity index (χ1) is 14.5. The van der Waals surface area contributed by atoms with Gasteiger partial charge in [0.1, 0.15) is 5.75 Å². The van der Waals surface area contributed by atoms with E-state index in [0.717, 1.165) is 36.6 Å². The minimum atomic E-state index is -0.303. The summed E-state index contributed by atoms with van der Waals surface area (Å²) < 4.78 is 6.53. The number of halogens is 1. The molecule has 0 atom stereocenters. The number of hydrogen-bond donors (Lipinski definition) is 1. The van der Waals surface area contributed by atoms with Gasteiger partial charge in [0, 0.05) is 17.6 Å². The van der Waals surface area contributed by atoms with Gasteiger partial charge in [-0.25, -0.2) is 0 Å². The van der Waals surface area contributed by atoms with Gasteiger partial charge in [0.15, 0.2) is 0 Å². The highest BCUT2D eigenvalue weighted by Crippen LogP contribution is 2.27. The SMILES string of the molecule is CCCOc1ccc(Br)cc1C(=O)Nc1ccccc1C(=O)N(C)C1CCCCC1. The quantitative estimate of drug-likeness (QED) is 0.545. The number of rotatable bonds is 7. The molecule has 2 aromatic carbocycles. The summed E-state index contributed by atoms with van der Waals surface area (Å²) in [5, 5.41) is 2.92. The fraction of sp³-hybridized carbons (Fsp3) is 0.417. The van der Waals surface area contributed by atoms with Crippen LogP contribution >= 0.6 is 15.9 Å². The molecular formula is C24H29BrN2O3. The molecule has 1 aliphatic carbocycles. The van der Waals surface area contributed by atoms with Crippen molar-refractivity contribution < 1.29 is 14.3 Å². The molecule has 160 valence electrons. The Morgan fingerprint density at radius 1 is 1.10 bits per heavy atom. The average molecular weight is 473 g/mol. The second kappa shape index (κ2) is 10.6. The van der Waals surface area contributed by atoms with Crippen LogP contribution in [-0.2, 0) is 0 Å². The van der Waals surface area contributed by atoms with Crippen molar-refractivity contribution in [1.29, 1.82) is 0 Å². The Labute approximate surface area is 186 Å². The first-order valence-electron chi connectivity index (χ1n) is 10.6. The number of hydrogen-bond acceptors (Lipinski definition) is 3. The highest BCUT2D eigenvalue weighted by atomic mass is 79.9. The summed E-state index contributed by atoms with van der Waals surface area (Å²) in [5.74, 6) is 0.165. The molecule has 1 saturated carbocycles. The lowest BCUT2D eigenvalue weighted by molar-refractivity contribution is 0.0697. The van der Waals surface area contributed by atoms with E-state index in [4.69, 9.17) is 4.74 Å². The van der Waals surface area contributed by atoms with Crippen LogP contribution in [0.2, 0.25) is 0 Å².